The quantitative estimate of drug-likeness (QED) is 0.494. The standard InChI is InChI=1S/C17H27FN2O/c1-3-21-17(10-6-4-5-7-11-17)16(20-19)14-8-9-15(18)13(2)12-14/h8-9,12,16,20H,3-7,10-11,19H2,1-2H3. The highest BCUT2D eigenvalue weighted by atomic mass is 19.1. The molecule has 1 aromatic rings. The van der Waals surface area contributed by atoms with Crippen molar-refractivity contribution in [3.05, 3.63) is 35.1 Å². The predicted octanol–water partition coefficient (Wildman–Crippen LogP) is 3.77. The molecule has 1 saturated carbocycles. The largest absolute Gasteiger partial charge is 0.373 e. The lowest BCUT2D eigenvalue weighted by Gasteiger charge is -2.40. The maximum Gasteiger partial charge on any atom is 0.126 e. The minimum absolute atomic E-state index is 0.102. The van der Waals surface area contributed by atoms with Crippen LogP contribution in [0.4, 0.5) is 4.39 Å². The highest BCUT2D eigenvalue weighted by molar-refractivity contribution is 5.28. The van der Waals surface area contributed by atoms with Crippen LogP contribution in [0.25, 0.3) is 0 Å². The molecule has 1 aliphatic rings. The first-order chi connectivity index (χ1) is 10.1. The number of hydrogen-bond donors (Lipinski definition) is 2. The molecule has 3 N–H and O–H groups in total. The second-order valence-electron chi connectivity index (χ2n) is 6.02. The molecule has 0 radical (unpaired) electrons. The van der Waals surface area contributed by atoms with Crippen molar-refractivity contribution >= 4 is 0 Å². The van der Waals surface area contributed by atoms with Gasteiger partial charge in [-0.15, -0.1) is 0 Å². The summed E-state index contributed by atoms with van der Waals surface area (Å²) in [6.07, 6.45) is 6.78. The van der Waals surface area contributed by atoms with Crippen LogP contribution in [-0.2, 0) is 4.74 Å². The molecule has 0 bridgehead atoms. The zero-order valence-corrected chi connectivity index (χ0v) is 13.1. The first kappa shape index (κ1) is 16.4. The molecule has 4 heteroatoms. The third-order valence-corrected chi connectivity index (χ3v) is 4.59. The van der Waals surface area contributed by atoms with E-state index in [-0.39, 0.29) is 17.5 Å². The van der Waals surface area contributed by atoms with Crippen LogP contribution in [-0.4, -0.2) is 12.2 Å². The molecule has 1 fully saturated rings. The minimum atomic E-state index is -0.287. The van der Waals surface area contributed by atoms with Crippen molar-refractivity contribution in [2.24, 2.45) is 5.84 Å². The summed E-state index contributed by atoms with van der Waals surface area (Å²) in [5.41, 5.74) is 4.31. The zero-order chi connectivity index (χ0) is 15.3. The van der Waals surface area contributed by atoms with E-state index in [1.807, 2.05) is 19.1 Å². The van der Waals surface area contributed by atoms with Crippen LogP contribution in [0.1, 0.15) is 62.6 Å². The Labute approximate surface area is 127 Å². The summed E-state index contributed by atoms with van der Waals surface area (Å²) >= 11 is 0. The average molecular weight is 294 g/mol. The maximum atomic E-state index is 13.5. The van der Waals surface area contributed by atoms with Crippen LogP contribution in [0.3, 0.4) is 0 Å². The Kier molecular flexibility index (Phi) is 5.73. The molecule has 0 spiro atoms. The number of halogens is 1. The Hall–Kier alpha value is -0.970. The molecule has 0 heterocycles. The summed E-state index contributed by atoms with van der Waals surface area (Å²) in [5.74, 6) is 5.69. The molecule has 2 rings (SSSR count). The van der Waals surface area contributed by atoms with Gasteiger partial charge in [0, 0.05) is 6.61 Å². The Bertz CT molecular complexity index is 456. The lowest BCUT2D eigenvalue weighted by Crippen LogP contribution is -2.48. The molecule has 0 amide bonds. The van der Waals surface area contributed by atoms with Crippen molar-refractivity contribution in [1.82, 2.24) is 5.43 Å². The van der Waals surface area contributed by atoms with Gasteiger partial charge in [-0.25, -0.2) is 4.39 Å². The van der Waals surface area contributed by atoms with E-state index in [1.165, 1.54) is 18.9 Å². The third-order valence-electron chi connectivity index (χ3n) is 4.59. The molecule has 21 heavy (non-hydrogen) atoms. The lowest BCUT2D eigenvalue weighted by atomic mass is 9.82. The van der Waals surface area contributed by atoms with E-state index in [9.17, 15) is 4.39 Å². The molecule has 1 unspecified atom stereocenters. The first-order valence-corrected chi connectivity index (χ1v) is 7.99. The van der Waals surface area contributed by atoms with E-state index in [0.29, 0.717) is 12.2 Å². The second kappa shape index (κ2) is 7.34. The third kappa shape index (κ3) is 3.62. The molecule has 0 saturated heterocycles. The van der Waals surface area contributed by atoms with Crippen LogP contribution >= 0.6 is 0 Å². The summed E-state index contributed by atoms with van der Waals surface area (Å²) in [4.78, 5) is 0. The van der Waals surface area contributed by atoms with Crippen LogP contribution < -0.4 is 11.3 Å². The molecule has 0 aromatic heterocycles. The minimum Gasteiger partial charge on any atom is -0.373 e. The van der Waals surface area contributed by atoms with Gasteiger partial charge in [-0.3, -0.25) is 11.3 Å². The Balaban J connectivity index is 2.36. The van der Waals surface area contributed by atoms with Crippen molar-refractivity contribution in [2.75, 3.05) is 6.61 Å². The second-order valence-corrected chi connectivity index (χ2v) is 6.02. The Morgan fingerprint density at radius 3 is 2.48 bits per heavy atom. The number of aryl methyl sites for hydroxylation is 1. The van der Waals surface area contributed by atoms with E-state index in [2.05, 4.69) is 5.43 Å². The normalized spacial score (nSPS) is 20.0. The van der Waals surface area contributed by atoms with Crippen molar-refractivity contribution < 1.29 is 9.13 Å². The molecular weight excluding hydrogens is 267 g/mol. The number of hydrogen-bond acceptors (Lipinski definition) is 3. The molecule has 1 aliphatic carbocycles. The number of benzene rings is 1. The number of ether oxygens (including phenoxy) is 1. The number of nitrogens with one attached hydrogen (secondary N) is 1. The van der Waals surface area contributed by atoms with Crippen LogP contribution in [0.2, 0.25) is 0 Å². The van der Waals surface area contributed by atoms with Gasteiger partial charge in [-0.2, -0.15) is 0 Å². The summed E-state index contributed by atoms with van der Waals surface area (Å²) < 4.78 is 19.7. The van der Waals surface area contributed by atoms with E-state index in [1.54, 1.807) is 6.92 Å². The highest BCUT2D eigenvalue weighted by Crippen LogP contribution is 2.40. The van der Waals surface area contributed by atoms with E-state index >= 15 is 0 Å². The molecule has 0 aliphatic heterocycles. The van der Waals surface area contributed by atoms with Crippen molar-refractivity contribution in [1.29, 1.82) is 0 Å². The topological polar surface area (TPSA) is 47.3 Å². The van der Waals surface area contributed by atoms with Crippen molar-refractivity contribution in [3.8, 4) is 0 Å². The highest BCUT2D eigenvalue weighted by Gasteiger charge is 2.40. The molecule has 1 atom stereocenters. The fraction of sp³-hybridized carbons (Fsp3) is 0.647. The molecule has 1 aromatic carbocycles. The summed E-state index contributed by atoms with van der Waals surface area (Å²) in [6, 6.07) is 5.12. The predicted molar refractivity (Wildman–Crippen MR) is 83.3 cm³/mol. The monoisotopic (exact) mass is 294 g/mol. The molecule has 3 nitrogen and oxygen atoms in total. The van der Waals surface area contributed by atoms with Gasteiger partial charge < -0.3 is 4.74 Å². The molecular formula is C17H27FN2O. The number of hydrazine groups is 1. The van der Waals surface area contributed by atoms with E-state index in [4.69, 9.17) is 10.6 Å². The van der Waals surface area contributed by atoms with Gasteiger partial charge in [0.25, 0.3) is 0 Å². The average Bonchev–Trinajstić information content (AvgIpc) is 2.70. The summed E-state index contributed by atoms with van der Waals surface area (Å²) in [6.45, 7) is 4.47. The van der Waals surface area contributed by atoms with Gasteiger partial charge in [0.2, 0.25) is 0 Å². The zero-order valence-electron chi connectivity index (χ0n) is 13.1. The van der Waals surface area contributed by atoms with Crippen LogP contribution in [0, 0.1) is 12.7 Å². The Morgan fingerprint density at radius 2 is 1.95 bits per heavy atom. The summed E-state index contributed by atoms with van der Waals surface area (Å²) in [5, 5.41) is 0. The van der Waals surface area contributed by atoms with Gasteiger partial charge in [-0.1, -0.05) is 37.8 Å². The van der Waals surface area contributed by atoms with Gasteiger partial charge in [0.1, 0.15) is 5.82 Å². The van der Waals surface area contributed by atoms with Gasteiger partial charge in [0.05, 0.1) is 11.6 Å². The maximum absolute atomic E-state index is 13.5. The smallest absolute Gasteiger partial charge is 0.126 e. The summed E-state index contributed by atoms with van der Waals surface area (Å²) in [7, 11) is 0. The Morgan fingerprint density at radius 1 is 1.29 bits per heavy atom. The van der Waals surface area contributed by atoms with Crippen molar-refractivity contribution in [3.63, 3.8) is 0 Å². The lowest BCUT2D eigenvalue weighted by molar-refractivity contribution is -0.0783. The van der Waals surface area contributed by atoms with E-state index < -0.39 is 0 Å². The van der Waals surface area contributed by atoms with Crippen LogP contribution in [0.15, 0.2) is 18.2 Å². The first-order valence-electron chi connectivity index (χ1n) is 7.99. The number of nitrogens with two attached hydrogens (primary N) is 1. The van der Waals surface area contributed by atoms with Gasteiger partial charge >= 0.3 is 0 Å². The fourth-order valence-electron chi connectivity index (χ4n) is 3.53. The fourth-order valence-corrected chi connectivity index (χ4v) is 3.53. The SMILES string of the molecule is CCOC1(C(NN)c2ccc(F)c(C)c2)CCCCCC1. The van der Waals surface area contributed by atoms with E-state index in [0.717, 1.165) is 31.2 Å². The van der Waals surface area contributed by atoms with Crippen molar-refractivity contribution in [2.45, 2.75) is 64.0 Å². The van der Waals surface area contributed by atoms with Gasteiger partial charge in [-0.05, 0) is 43.9 Å². The number of rotatable bonds is 5. The van der Waals surface area contributed by atoms with Gasteiger partial charge in [0.15, 0.2) is 0 Å². The van der Waals surface area contributed by atoms with Crippen LogP contribution in [0.5, 0.6) is 0 Å². The molecule has 118 valence electrons.